The van der Waals surface area contributed by atoms with E-state index in [0.717, 1.165) is 13.1 Å². The van der Waals surface area contributed by atoms with E-state index in [1.807, 2.05) is 6.92 Å². The van der Waals surface area contributed by atoms with E-state index >= 15 is 0 Å². The molecule has 1 aliphatic rings. The summed E-state index contributed by atoms with van der Waals surface area (Å²) in [4.78, 5) is 5.91. The summed E-state index contributed by atoms with van der Waals surface area (Å²) in [6, 6.07) is 4.18. The highest BCUT2D eigenvalue weighted by Gasteiger charge is 2.42. The molecule has 26 heavy (non-hydrogen) atoms. The molecule has 1 aromatic rings. The second kappa shape index (κ2) is 10.8. The Kier molecular flexibility index (Phi) is 9.84. The van der Waals surface area contributed by atoms with Crippen LogP contribution < -0.4 is 10.6 Å². The van der Waals surface area contributed by atoms with Gasteiger partial charge in [0.15, 0.2) is 15.8 Å². The zero-order valence-corrected chi connectivity index (χ0v) is 19.6. The summed E-state index contributed by atoms with van der Waals surface area (Å²) in [5.74, 6) is 1.04. The largest absolute Gasteiger partial charge is 0.381 e. The number of aliphatic imine (C=N–C) groups is 1. The van der Waals surface area contributed by atoms with Crippen LogP contribution >= 0.6 is 35.3 Å². The molecular formula is C17H30IN3O3S2. The average Bonchev–Trinajstić information content (AvgIpc) is 3.11. The zero-order valence-electron chi connectivity index (χ0n) is 15.7. The number of nitrogens with zero attached hydrogens (tertiary/aromatic N) is 1. The molecule has 1 aliphatic heterocycles. The lowest BCUT2D eigenvalue weighted by molar-refractivity contribution is 0.0768. The third-order valence-corrected chi connectivity index (χ3v) is 7.88. The second-order valence-corrected chi connectivity index (χ2v) is 9.95. The van der Waals surface area contributed by atoms with Crippen molar-refractivity contribution < 1.29 is 13.2 Å². The molecule has 0 radical (unpaired) electrons. The predicted octanol–water partition coefficient (Wildman–Crippen LogP) is 2.62. The smallest absolute Gasteiger partial charge is 0.191 e. The second-order valence-electron chi connectivity index (χ2n) is 6.56. The molecule has 1 atom stereocenters. The van der Waals surface area contributed by atoms with Crippen molar-refractivity contribution >= 4 is 51.1 Å². The van der Waals surface area contributed by atoms with Gasteiger partial charge in [0.1, 0.15) is 0 Å². The Hall–Kier alpha value is -0.390. The van der Waals surface area contributed by atoms with Gasteiger partial charge in [-0.1, -0.05) is 13.0 Å². The van der Waals surface area contributed by atoms with Gasteiger partial charge in [-0.05, 0) is 31.2 Å². The van der Waals surface area contributed by atoms with Crippen LogP contribution in [0.1, 0.15) is 37.5 Å². The van der Waals surface area contributed by atoms with Crippen molar-refractivity contribution in [2.24, 2.45) is 4.99 Å². The number of halogens is 1. The van der Waals surface area contributed by atoms with E-state index in [4.69, 9.17) is 4.74 Å². The van der Waals surface area contributed by atoms with Gasteiger partial charge in [-0.15, -0.1) is 35.3 Å². The van der Waals surface area contributed by atoms with Gasteiger partial charge in [-0.25, -0.2) is 8.42 Å². The molecule has 9 heteroatoms. The SMILES string of the molecule is CCNC(=NCC1(S(C)(=O)=O)CCOCC1)NCC(C)c1cccs1.I. The van der Waals surface area contributed by atoms with Crippen LogP contribution in [0.3, 0.4) is 0 Å². The molecule has 1 fully saturated rings. The summed E-state index contributed by atoms with van der Waals surface area (Å²) >= 11 is 1.74. The first kappa shape index (κ1) is 23.6. The first-order valence-corrected chi connectivity index (χ1v) is 11.5. The third-order valence-electron chi connectivity index (χ3n) is 4.66. The fourth-order valence-electron chi connectivity index (χ4n) is 2.88. The van der Waals surface area contributed by atoms with Crippen LogP contribution in [0, 0.1) is 0 Å². The molecule has 0 aliphatic carbocycles. The van der Waals surface area contributed by atoms with Crippen LogP contribution in [-0.2, 0) is 14.6 Å². The number of hydrogen-bond donors (Lipinski definition) is 2. The van der Waals surface area contributed by atoms with E-state index < -0.39 is 14.6 Å². The maximum absolute atomic E-state index is 12.3. The van der Waals surface area contributed by atoms with Crippen LogP contribution in [0.4, 0.5) is 0 Å². The van der Waals surface area contributed by atoms with Gasteiger partial charge < -0.3 is 15.4 Å². The molecule has 1 aromatic heterocycles. The molecule has 2 heterocycles. The number of nitrogens with one attached hydrogen (secondary N) is 2. The molecule has 0 spiro atoms. The number of sulfone groups is 1. The number of ether oxygens (including phenoxy) is 1. The molecule has 150 valence electrons. The average molecular weight is 515 g/mol. The van der Waals surface area contributed by atoms with Crippen molar-refractivity contribution in [3.05, 3.63) is 22.4 Å². The fourth-order valence-corrected chi connectivity index (χ4v) is 4.87. The number of thiophene rings is 1. The minimum absolute atomic E-state index is 0. The Morgan fingerprint density at radius 3 is 2.62 bits per heavy atom. The summed E-state index contributed by atoms with van der Waals surface area (Å²) in [7, 11) is -3.21. The van der Waals surface area contributed by atoms with Crippen LogP contribution in [0.15, 0.2) is 22.5 Å². The highest BCUT2D eigenvalue weighted by molar-refractivity contribution is 14.0. The Bertz CT molecular complexity index is 657. The third kappa shape index (κ3) is 6.35. The van der Waals surface area contributed by atoms with E-state index in [1.54, 1.807) is 11.3 Å². The zero-order chi connectivity index (χ0) is 18.3. The van der Waals surface area contributed by atoms with Crippen molar-refractivity contribution in [2.75, 3.05) is 39.1 Å². The minimum Gasteiger partial charge on any atom is -0.381 e. The van der Waals surface area contributed by atoms with Crippen LogP contribution in [0.5, 0.6) is 0 Å². The van der Waals surface area contributed by atoms with Crippen molar-refractivity contribution in [1.29, 1.82) is 0 Å². The first-order valence-electron chi connectivity index (χ1n) is 8.71. The van der Waals surface area contributed by atoms with E-state index in [9.17, 15) is 8.42 Å². The van der Waals surface area contributed by atoms with E-state index in [2.05, 4.69) is 40.1 Å². The van der Waals surface area contributed by atoms with Gasteiger partial charge in [-0.3, -0.25) is 4.99 Å². The predicted molar refractivity (Wildman–Crippen MR) is 120 cm³/mol. The van der Waals surface area contributed by atoms with E-state index in [0.29, 0.717) is 37.9 Å². The quantitative estimate of drug-likeness (QED) is 0.332. The standard InChI is InChI=1S/C17H29N3O3S2.HI/c1-4-18-16(19-12-14(2)15-6-5-11-24-15)20-13-17(25(3,21)22)7-9-23-10-8-17;/h5-6,11,14H,4,7-10,12-13H2,1-3H3,(H2,18,19,20);1H. The van der Waals surface area contributed by atoms with Gasteiger partial charge >= 0.3 is 0 Å². The molecular weight excluding hydrogens is 485 g/mol. The highest BCUT2D eigenvalue weighted by atomic mass is 127. The molecule has 1 unspecified atom stereocenters. The highest BCUT2D eigenvalue weighted by Crippen LogP contribution is 2.29. The van der Waals surface area contributed by atoms with Crippen molar-refractivity contribution in [3.63, 3.8) is 0 Å². The fraction of sp³-hybridized carbons (Fsp3) is 0.706. The van der Waals surface area contributed by atoms with E-state index in [-0.39, 0.29) is 30.5 Å². The van der Waals surface area contributed by atoms with Crippen molar-refractivity contribution in [1.82, 2.24) is 10.6 Å². The summed E-state index contributed by atoms with van der Waals surface area (Å²) in [6.07, 6.45) is 2.31. The van der Waals surface area contributed by atoms with Gasteiger partial charge in [0.2, 0.25) is 0 Å². The molecule has 0 bridgehead atoms. The van der Waals surface area contributed by atoms with Crippen molar-refractivity contribution in [2.45, 2.75) is 37.4 Å². The number of hydrogen-bond acceptors (Lipinski definition) is 5. The van der Waals surface area contributed by atoms with Gasteiger partial charge in [-0.2, -0.15) is 0 Å². The molecule has 0 aromatic carbocycles. The Balaban J connectivity index is 0.00000338. The normalized spacial score (nSPS) is 18.7. The maximum Gasteiger partial charge on any atom is 0.191 e. The van der Waals surface area contributed by atoms with Crippen LogP contribution in [-0.4, -0.2) is 58.2 Å². The number of rotatable bonds is 7. The summed E-state index contributed by atoms with van der Waals surface area (Å²) in [5.41, 5.74) is 0. The lowest BCUT2D eigenvalue weighted by atomic mass is 9.99. The van der Waals surface area contributed by atoms with Crippen LogP contribution in [0.25, 0.3) is 0 Å². The molecule has 2 rings (SSSR count). The van der Waals surface area contributed by atoms with E-state index in [1.165, 1.54) is 11.1 Å². The van der Waals surface area contributed by atoms with Gasteiger partial charge in [0, 0.05) is 43.4 Å². The molecule has 1 saturated heterocycles. The van der Waals surface area contributed by atoms with Crippen LogP contribution in [0.2, 0.25) is 0 Å². The minimum atomic E-state index is -3.21. The Morgan fingerprint density at radius 1 is 1.38 bits per heavy atom. The topological polar surface area (TPSA) is 79.8 Å². The summed E-state index contributed by atoms with van der Waals surface area (Å²) < 4.78 is 29.2. The monoisotopic (exact) mass is 515 g/mol. The molecule has 0 saturated carbocycles. The van der Waals surface area contributed by atoms with Gasteiger partial charge in [0.25, 0.3) is 0 Å². The first-order chi connectivity index (χ1) is 11.9. The lowest BCUT2D eigenvalue weighted by Gasteiger charge is -2.34. The Labute approximate surface area is 178 Å². The summed E-state index contributed by atoms with van der Waals surface area (Å²) in [5, 5.41) is 8.62. The number of guanidine groups is 1. The lowest BCUT2D eigenvalue weighted by Crippen LogP contribution is -2.47. The molecule has 2 N–H and O–H groups in total. The molecule has 6 nitrogen and oxygen atoms in total. The summed E-state index contributed by atoms with van der Waals surface area (Å²) in [6.45, 7) is 6.86. The Morgan fingerprint density at radius 2 is 2.08 bits per heavy atom. The maximum atomic E-state index is 12.3. The molecule has 0 amide bonds. The van der Waals surface area contributed by atoms with Crippen molar-refractivity contribution in [3.8, 4) is 0 Å². The van der Waals surface area contributed by atoms with Gasteiger partial charge in [0.05, 0.1) is 11.3 Å².